The van der Waals surface area contributed by atoms with E-state index in [4.69, 9.17) is 9.97 Å². The van der Waals surface area contributed by atoms with Gasteiger partial charge in [0.2, 0.25) is 11.8 Å². The fraction of sp³-hybridized carbons (Fsp3) is 0.750. The standard InChI is InChI=1S/C24H38N6O2/c1-17(31)28-24(10-5-4-6-11-24)14-21(32)30-13-9-20-19(16-30)23(25-2)27-22(26-20)18-8-7-12-29(3)15-18/h18H,4-16H2,1-3H3,(H,28,31)(H,25,26,27)/t18-/m0/s1. The highest BCUT2D eigenvalue weighted by Crippen LogP contribution is 2.34. The molecule has 0 spiro atoms. The molecule has 4 rings (SSSR count). The van der Waals surface area contributed by atoms with Crippen molar-refractivity contribution in [3.63, 3.8) is 0 Å². The Morgan fingerprint density at radius 3 is 2.59 bits per heavy atom. The predicted molar refractivity (Wildman–Crippen MR) is 124 cm³/mol. The van der Waals surface area contributed by atoms with Crippen LogP contribution in [0.5, 0.6) is 0 Å². The molecular weight excluding hydrogens is 404 g/mol. The third-order valence-corrected chi connectivity index (χ3v) is 7.40. The van der Waals surface area contributed by atoms with Gasteiger partial charge < -0.3 is 20.4 Å². The second-order valence-corrected chi connectivity index (χ2v) is 9.97. The molecular formula is C24H38N6O2. The third-order valence-electron chi connectivity index (χ3n) is 7.40. The Labute approximate surface area is 191 Å². The molecule has 1 aromatic rings. The summed E-state index contributed by atoms with van der Waals surface area (Å²) in [6, 6.07) is 0. The fourth-order valence-electron chi connectivity index (χ4n) is 5.76. The SMILES string of the molecule is CNc1nc([C@H]2CCCN(C)C2)nc2c1CN(C(=O)CC1(NC(C)=O)CCCCC1)CC2. The lowest BCUT2D eigenvalue weighted by Crippen LogP contribution is -2.52. The lowest BCUT2D eigenvalue weighted by atomic mass is 9.78. The number of nitrogens with one attached hydrogen (secondary N) is 2. The molecule has 1 saturated carbocycles. The van der Waals surface area contributed by atoms with Crippen molar-refractivity contribution < 1.29 is 9.59 Å². The molecule has 1 aromatic heterocycles. The monoisotopic (exact) mass is 442 g/mol. The molecule has 1 aliphatic carbocycles. The minimum atomic E-state index is -0.388. The number of carbonyl (C=O) groups is 2. The third kappa shape index (κ3) is 5.05. The molecule has 2 amide bonds. The van der Waals surface area contributed by atoms with Crippen LogP contribution in [-0.2, 0) is 22.6 Å². The molecule has 0 unspecified atom stereocenters. The number of piperidine rings is 1. The minimum absolute atomic E-state index is 0.0459. The maximum atomic E-state index is 13.3. The number of likely N-dealkylation sites (tertiary alicyclic amines) is 1. The molecule has 2 fully saturated rings. The lowest BCUT2D eigenvalue weighted by molar-refractivity contribution is -0.134. The van der Waals surface area contributed by atoms with Crippen LogP contribution in [0.25, 0.3) is 0 Å². The highest BCUT2D eigenvalue weighted by Gasteiger charge is 2.37. The van der Waals surface area contributed by atoms with E-state index >= 15 is 0 Å². The molecule has 1 saturated heterocycles. The van der Waals surface area contributed by atoms with E-state index in [-0.39, 0.29) is 17.4 Å². The first-order chi connectivity index (χ1) is 15.4. The van der Waals surface area contributed by atoms with Gasteiger partial charge >= 0.3 is 0 Å². The van der Waals surface area contributed by atoms with E-state index in [1.54, 1.807) is 6.92 Å². The van der Waals surface area contributed by atoms with Gasteiger partial charge in [-0.25, -0.2) is 9.97 Å². The summed E-state index contributed by atoms with van der Waals surface area (Å²) in [5, 5.41) is 6.39. The van der Waals surface area contributed by atoms with Crippen LogP contribution in [0.2, 0.25) is 0 Å². The molecule has 32 heavy (non-hydrogen) atoms. The average Bonchev–Trinajstić information content (AvgIpc) is 2.78. The number of likely N-dealkylation sites (N-methyl/N-ethyl adjacent to an activating group) is 1. The van der Waals surface area contributed by atoms with Gasteiger partial charge in [0.15, 0.2) is 0 Å². The summed E-state index contributed by atoms with van der Waals surface area (Å²) in [6.07, 6.45) is 8.50. The van der Waals surface area contributed by atoms with Crippen LogP contribution < -0.4 is 10.6 Å². The number of hydrogen-bond acceptors (Lipinski definition) is 6. The highest BCUT2D eigenvalue weighted by atomic mass is 16.2. The fourth-order valence-corrected chi connectivity index (χ4v) is 5.76. The zero-order chi connectivity index (χ0) is 22.7. The summed E-state index contributed by atoms with van der Waals surface area (Å²) in [6.45, 7) is 4.89. The first-order valence-corrected chi connectivity index (χ1v) is 12.2. The van der Waals surface area contributed by atoms with Crippen molar-refractivity contribution in [2.45, 2.75) is 82.7 Å². The number of carbonyl (C=O) groups excluding carboxylic acids is 2. The summed E-state index contributed by atoms with van der Waals surface area (Å²) in [5.74, 6) is 2.23. The minimum Gasteiger partial charge on any atom is -0.373 e. The number of hydrogen-bond donors (Lipinski definition) is 2. The largest absolute Gasteiger partial charge is 0.373 e. The van der Waals surface area contributed by atoms with Crippen LogP contribution in [0.15, 0.2) is 0 Å². The number of amides is 2. The van der Waals surface area contributed by atoms with Crippen molar-refractivity contribution in [3.8, 4) is 0 Å². The van der Waals surface area contributed by atoms with Crippen LogP contribution >= 0.6 is 0 Å². The van der Waals surface area contributed by atoms with Gasteiger partial charge in [-0.3, -0.25) is 9.59 Å². The first-order valence-electron chi connectivity index (χ1n) is 12.2. The van der Waals surface area contributed by atoms with Crippen molar-refractivity contribution in [1.82, 2.24) is 25.1 Å². The van der Waals surface area contributed by atoms with Crippen LogP contribution in [0.4, 0.5) is 5.82 Å². The van der Waals surface area contributed by atoms with Gasteiger partial charge in [-0.05, 0) is 39.3 Å². The maximum Gasteiger partial charge on any atom is 0.225 e. The van der Waals surface area contributed by atoms with Crippen LogP contribution in [0.1, 0.15) is 81.3 Å². The van der Waals surface area contributed by atoms with Crippen molar-refractivity contribution >= 4 is 17.6 Å². The summed E-state index contributed by atoms with van der Waals surface area (Å²) in [7, 11) is 4.06. The Bertz CT molecular complexity index is 834. The molecule has 2 aliphatic heterocycles. The molecule has 8 nitrogen and oxygen atoms in total. The van der Waals surface area contributed by atoms with Gasteiger partial charge in [0.25, 0.3) is 0 Å². The van der Waals surface area contributed by atoms with Crippen molar-refractivity contribution in [3.05, 3.63) is 17.1 Å². The van der Waals surface area contributed by atoms with E-state index in [9.17, 15) is 9.59 Å². The highest BCUT2D eigenvalue weighted by molar-refractivity contribution is 5.80. The molecule has 0 radical (unpaired) electrons. The van der Waals surface area contributed by atoms with Gasteiger partial charge in [0.05, 0.1) is 12.2 Å². The topological polar surface area (TPSA) is 90.5 Å². The van der Waals surface area contributed by atoms with Gasteiger partial charge in [-0.15, -0.1) is 0 Å². The average molecular weight is 443 g/mol. The second kappa shape index (κ2) is 9.73. The van der Waals surface area contributed by atoms with E-state index in [1.807, 2.05) is 11.9 Å². The van der Waals surface area contributed by atoms with Crippen molar-refractivity contribution in [2.75, 3.05) is 39.0 Å². The lowest BCUT2D eigenvalue weighted by Gasteiger charge is -2.39. The Hall–Kier alpha value is -2.22. The van der Waals surface area contributed by atoms with E-state index in [1.165, 1.54) is 12.8 Å². The maximum absolute atomic E-state index is 13.3. The molecule has 176 valence electrons. The zero-order valence-electron chi connectivity index (χ0n) is 19.9. The van der Waals surface area contributed by atoms with Crippen LogP contribution in [-0.4, -0.2) is 70.9 Å². The zero-order valence-corrected chi connectivity index (χ0v) is 19.9. The van der Waals surface area contributed by atoms with E-state index in [0.29, 0.717) is 25.4 Å². The number of anilines is 1. The summed E-state index contributed by atoms with van der Waals surface area (Å²) < 4.78 is 0. The normalized spacial score (nSPS) is 23.3. The molecule has 3 aliphatic rings. The van der Waals surface area contributed by atoms with Crippen LogP contribution in [0.3, 0.4) is 0 Å². The summed E-state index contributed by atoms with van der Waals surface area (Å²) >= 11 is 0. The Kier molecular flexibility index (Phi) is 6.98. The van der Waals surface area contributed by atoms with E-state index < -0.39 is 0 Å². The molecule has 0 aromatic carbocycles. The van der Waals surface area contributed by atoms with E-state index in [0.717, 1.165) is 74.5 Å². The molecule has 1 atom stereocenters. The quantitative estimate of drug-likeness (QED) is 0.728. The molecule has 2 N–H and O–H groups in total. The predicted octanol–water partition coefficient (Wildman–Crippen LogP) is 2.44. The number of nitrogens with zero attached hydrogens (tertiary/aromatic N) is 4. The Balaban J connectivity index is 1.50. The van der Waals surface area contributed by atoms with E-state index in [2.05, 4.69) is 22.6 Å². The van der Waals surface area contributed by atoms with Crippen molar-refractivity contribution in [1.29, 1.82) is 0 Å². The van der Waals surface area contributed by atoms with Crippen molar-refractivity contribution in [2.24, 2.45) is 0 Å². The van der Waals surface area contributed by atoms with Gasteiger partial charge in [-0.1, -0.05) is 19.3 Å². The van der Waals surface area contributed by atoms with Gasteiger partial charge in [0, 0.05) is 56.9 Å². The Morgan fingerprint density at radius 1 is 1.12 bits per heavy atom. The number of rotatable bonds is 5. The first kappa shape index (κ1) is 23.0. The molecule has 3 heterocycles. The van der Waals surface area contributed by atoms with Crippen LogP contribution in [0, 0.1) is 0 Å². The number of aromatic nitrogens is 2. The summed E-state index contributed by atoms with van der Waals surface area (Å²) in [4.78, 5) is 39.3. The second-order valence-electron chi connectivity index (χ2n) is 9.97. The van der Waals surface area contributed by atoms with Gasteiger partial charge in [0.1, 0.15) is 11.6 Å². The summed E-state index contributed by atoms with van der Waals surface area (Å²) in [5.41, 5.74) is 1.73. The van der Waals surface area contributed by atoms with Gasteiger partial charge in [-0.2, -0.15) is 0 Å². The molecule has 8 heteroatoms. The number of fused-ring (bicyclic) bond motifs is 1. The smallest absolute Gasteiger partial charge is 0.225 e. The Morgan fingerprint density at radius 2 is 1.91 bits per heavy atom. The molecule has 0 bridgehead atoms.